The summed E-state index contributed by atoms with van der Waals surface area (Å²) in [5.74, 6) is 0.908. The highest BCUT2D eigenvalue weighted by Crippen LogP contribution is 2.22. The Balaban J connectivity index is 1.90. The third-order valence-corrected chi connectivity index (χ3v) is 3.46. The van der Waals surface area contributed by atoms with Crippen molar-refractivity contribution in [1.29, 1.82) is 0 Å². The fourth-order valence-corrected chi connectivity index (χ4v) is 2.47. The van der Waals surface area contributed by atoms with E-state index in [1.807, 2.05) is 22.9 Å². The molecular weight excluding hydrogens is 264 g/mol. The van der Waals surface area contributed by atoms with Gasteiger partial charge in [0.25, 0.3) is 0 Å². The molecule has 6 nitrogen and oxygen atoms in total. The highest BCUT2D eigenvalue weighted by molar-refractivity contribution is 5.78. The van der Waals surface area contributed by atoms with Crippen LogP contribution in [0.3, 0.4) is 0 Å². The van der Waals surface area contributed by atoms with Crippen LogP contribution in [0.25, 0.3) is 11.0 Å². The predicted molar refractivity (Wildman–Crippen MR) is 80.5 cm³/mol. The smallest absolute Gasteiger partial charge is 0.138 e. The topological polar surface area (TPSA) is 82.5 Å². The average Bonchev–Trinajstić information content (AvgIpc) is 2.94. The largest absolute Gasteiger partial charge is 0.324 e. The van der Waals surface area contributed by atoms with E-state index in [1.165, 1.54) is 0 Å². The zero-order valence-electron chi connectivity index (χ0n) is 12.0. The first-order valence-corrected chi connectivity index (χ1v) is 7.11. The van der Waals surface area contributed by atoms with E-state index in [0.29, 0.717) is 6.42 Å². The lowest BCUT2D eigenvalue weighted by Crippen LogP contribution is -2.17. The van der Waals surface area contributed by atoms with Crippen LogP contribution in [0.4, 0.5) is 0 Å². The number of nitrogens with two attached hydrogens (primary N) is 1. The van der Waals surface area contributed by atoms with Gasteiger partial charge in [-0.1, -0.05) is 19.1 Å². The molecule has 1 atom stereocenters. The zero-order valence-corrected chi connectivity index (χ0v) is 12.0. The van der Waals surface area contributed by atoms with Crippen molar-refractivity contribution in [3.8, 4) is 0 Å². The van der Waals surface area contributed by atoms with Crippen molar-refractivity contribution in [3.05, 3.63) is 48.3 Å². The lowest BCUT2D eigenvalue weighted by molar-refractivity contribution is 0.548. The summed E-state index contributed by atoms with van der Waals surface area (Å²) >= 11 is 0. The minimum absolute atomic E-state index is 0.176. The highest BCUT2D eigenvalue weighted by Gasteiger charge is 2.15. The SMILES string of the molecule is CCCn1ncnc1CC(N)c1cccc2nccnc12. The van der Waals surface area contributed by atoms with Crippen LogP contribution >= 0.6 is 0 Å². The molecule has 108 valence electrons. The van der Waals surface area contributed by atoms with E-state index < -0.39 is 0 Å². The van der Waals surface area contributed by atoms with Gasteiger partial charge in [0.2, 0.25) is 0 Å². The van der Waals surface area contributed by atoms with E-state index in [2.05, 4.69) is 27.0 Å². The Labute approximate surface area is 123 Å². The van der Waals surface area contributed by atoms with Crippen LogP contribution < -0.4 is 5.73 Å². The molecule has 2 aromatic heterocycles. The maximum absolute atomic E-state index is 6.37. The van der Waals surface area contributed by atoms with Crippen LogP contribution in [0.2, 0.25) is 0 Å². The fourth-order valence-electron chi connectivity index (χ4n) is 2.47. The number of rotatable bonds is 5. The molecule has 21 heavy (non-hydrogen) atoms. The summed E-state index contributed by atoms with van der Waals surface area (Å²) in [5, 5.41) is 4.24. The molecule has 6 heteroatoms. The summed E-state index contributed by atoms with van der Waals surface area (Å²) in [5.41, 5.74) is 9.08. The fraction of sp³-hybridized carbons (Fsp3) is 0.333. The van der Waals surface area contributed by atoms with Gasteiger partial charge in [0.1, 0.15) is 12.2 Å². The number of aromatic nitrogens is 5. The van der Waals surface area contributed by atoms with Gasteiger partial charge in [-0.3, -0.25) is 14.6 Å². The summed E-state index contributed by atoms with van der Waals surface area (Å²) < 4.78 is 1.91. The summed E-state index contributed by atoms with van der Waals surface area (Å²) in [6.45, 7) is 2.98. The second kappa shape index (κ2) is 5.97. The van der Waals surface area contributed by atoms with Crippen LogP contribution in [-0.2, 0) is 13.0 Å². The average molecular weight is 282 g/mol. The third kappa shape index (κ3) is 2.75. The molecule has 0 aliphatic heterocycles. The van der Waals surface area contributed by atoms with Crippen LogP contribution in [0.1, 0.15) is 30.8 Å². The molecule has 0 radical (unpaired) electrons. The van der Waals surface area contributed by atoms with Gasteiger partial charge in [-0.15, -0.1) is 0 Å². The Bertz CT molecular complexity index is 730. The molecule has 0 aliphatic carbocycles. The summed E-state index contributed by atoms with van der Waals surface area (Å²) in [6, 6.07) is 5.73. The normalized spacial score (nSPS) is 12.7. The van der Waals surface area contributed by atoms with Crippen LogP contribution in [0, 0.1) is 0 Å². The van der Waals surface area contributed by atoms with E-state index in [-0.39, 0.29) is 6.04 Å². The van der Waals surface area contributed by atoms with E-state index >= 15 is 0 Å². The molecule has 3 rings (SSSR count). The Morgan fingerprint density at radius 2 is 2.05 bits per heavy atom. The molecule has 0 amide bonds. The van der Waals surface area contributed by atoms with Gasteiger partial charge >= 0.3 is 0 Å². The van der Waals surface area contributed by atoms with E-state index in [1.54, 1.807) is 18.7 Å². The third-order valence-electron chi connectivity index (χ3n) is 3.46. The molecule has 0 fully saturated rings. The van der Waals surface area contributed by atoms with Crippen molar-refractivity contribution in [2.24, 2.45) is 5.73 Å². The Hall–Kier alpha value is -2.34. The molecule has 2 N–H and O–H groups in total. The quantitative estimate of drug-likeness (QED) is 0.772. The molecule has 0 saturated carbocycles. The van der Waals surface area contributed by atoms with Crippen molar-refractivity contribution >= 4 is 11.0 Å². The number of fused-ring (bicyclic) bond motifs is 1. The maximum Gasteiger partial charge on any atom is 0.138 e. The van der Waals surface area contributed by atoms with Crippen molar-refractivity contribution in [1.82, 2.24) is 24.7 Å². The number of para-hydroxylation sites is 1. The number of benzene rings is 1. The molecule has 1 aromatic carbocycles. The van der Waals surface area contributed by atoms with Crippen LogP contribution in [0.15, 0.2) is 36.9 Å². The first-order chi connectivity index (χ1) is 10.3. The van der Waals surface area contributed by atoms with Gasteiger partial charge in [0, 0.05) is 31.4 Å². The Morgan fingerprint density at radius 1 is 1.19 bits per heavy atom. The monoisotopic (exact) mass is 282 g/mol. The van der Waals surface area contributed by atoms with Gasteiger partial charge < -0.3 is 5.73 Å². The highest BCUT2D eigenvalue weighted by atomic mass is 15.3. The van der Waals surface area contributed by atoms with Crippen molar-refractivity contribution in [2.45, 2.75) is 32.4 Å². The van der Waals surface area contributed by atoms with E-state index in [4.69, 9.17) is 5.73 Å². The summed E-state index contributed by atoms with van der Waals surface area (Å²) in [4.78, 5) is 13.0. The summed E-state index contributed by atoms with van der Waals surface area (Å²) in [7, 11) is 0. The molecule has 3 aromatic rings. The van der Waals surface area contributed by atoms with Crippen LogP contribution in [-0.4, -0.2) is 24.7 Å². The maximum atomic E-state index is 6.37. The van der Waals surface area contributed by atoms with Crippen molar-refractivity contribution in [3.63, 3.8) is 0 Å². The van der Waals surface area contributed by atoms with Gasteiger partial charge in [-0.05, 0) is 18.1 Å². The lowest BCUT2D eigenvalue weighted by Gasteiger charge is -2.14. The summed E-state index contributed by atoms with van der Waals surface area (Å²) in [6.07, 6.45) is 6.62. The molecule has 1 unspecified atom stereocenters. The first-order valence-electron chi connectivity index (χ1n) is 7.11. The molecule has 0 spiro atoms. The van der Waals surface area contributed by atoms with Gasteiger partial charge in [0.15, 0.2) is 0 Å². The van der Waals surface area contributed by atoms with Gasteiger partial charge in [-0.2, -0.15) is 5.10 Å². The second-order valence-electron chi connectivity index (χ2n) is 4.98. The first kappa shape index (κ1) is 13.6. The minimum atomic E-state index is -0.176. The number of aryl methyl sites for hydroxylation is 1. The number of nitrogens with zero attached hydrogens (tertiary/aromatic N) is 5. The molecule has 2 heterocycles. The Morgan fingerprint density at radius 3 is 2.90 bits per heavy atom. The Kier molecular flexibility index (Phi) is 3.87. The molecular formula is C15H18N6. The second-order valence-corrected chi connectivity index (χ2v) is 4.98. The van der Waals surface area contributed by atoms with Crippen molar-refractivity contribution in [2.75, 3.05) is 0 Å². The number of hydrogen-bond acceptors (Lipinski definition) is 5. The van der Waals surface area contributed by atoms with Crippen molar-refractivity contribution < 1.29 is 0 Å². The van der Waals surface area contributed by atoms with Gasteiger partial charge in [-0.25, -0.2) is 4.98 Å². The van der Waals surface area contributed by atoms with Gasteiger partial charge in [0.05, 0.1) is 11.0 Å². The standard InChI is InChI=1S/C15H18N6/c1-2-8-21-14(19-10-20-21)9-12(16)11-4-3-5-13-15(11)18-7-6-17-13/h3-7,10,12H,2,8-9,16H2,1H3. The zero-order chi connectivity index (χ0) is 14.7. The minimum Gasteiger partial charge on any atom is -0.324 e. The number of hydrogen-bond donors (Lipinski definition) is 1. The molecule has 0 aliphatic rings. The van der Waals surface area contributed by atoms with E-state index in [0.717, 1.165) is 35.4 Å². The van der Waals surface area contributed by atoms with E-state index in [9.17, 15) is 0 Å². The van der Waals surface area contributed by atoms with Crippen LogP contribution in [0.5, 0.6) is 0 Å². The molecule has 0 saturated heterocycles. The predicted octanol–water partition coefficient (Wildman–Crippen LogP) is 1.87. The molecule has 0 bridgehead atoms. The lowest BCUT2D eigenvalue weighted by atomic mass is 10.0.